The predicted octanol–water partition coefficient (Wildman–Crippen LogP) is 4.36. The van der Waals surface area contributed by atoms with Crippen LogP contribution in [0.5, 0.6) is 23.0 Å². The number of ether oxygens (including phenoxy) is 5. The molecule has 1 aromatic heterocycles. The van der Waals surface area contributed by atoms with E-state index in [0.29, 0.717) is 17.2 Å². The second-order valence-corrected chi connectivity index (χ2v) is 5.77. The molecule has 1 heterocycles. The Labute approximate surface area is 158 Å². The van der Waals surface area contributed by atoms with E-state index in [9.17, 15) is 0 Å². The summed E-state index contributed by atoms with van der Waals surface area (Å²) >= 11 is 0. The molecule has 3 aromatic rings. The van der Waals surface area contributed by atoms with Gasteiger partial charge in [0, 0.05) is 30.6 Å². The smallest absolute Gasteiger partial charge is 0.203 e. The Morgan fingerprint density at radius 3 is 1.85 bits per heavy atom. The zero-order valence-corrected chi connectivity index (χ0v) is 15.9. The molecule has 0 amide bonds. The Bertz CT molecular complexity index is 861. The number of hydrogen-bond donors (Lipinski definition) is 1. The van der Waals surface area contributed by atoms with Crippen LogP contribution in [0.15, 0.2) is 48.8 Å². The highest BCUT2D eigenvalue weighted by Crippen LogP contribution is 2.43. The van der Waals surface area contributed by atoms with Crippen molar-refractivity contribution >= 4 is 0 Å². The summed E-state index contributed by atoms with van der Waals surface area (Å²) in [7, 11) is 6.41. The molecule has 27 heavy (non-hydrogen) atoms. The molecule has 0 radical (unpaired) electrons. The first-order valence-electron chi connectivity index (χ1n) is 8.41. The van der Waals surface area contributed by atoms with Crippen LogP contribution in [0.1, 0.15) is 0 Å². The molecule has 0 fully saturated rings. The van der Waals surface area contributed by atoms with Gasteiger partial charge in [0.2, 0.25) is 5.75 Å². The molecule has 0 aliphatic rings. The van der Waals surface area contributed by atoms with E-state index >= 15 is 0 Å². The molecule has 0 bridgehead atoms. The highest BCUT2D eigenvalue weighted by atomic mass is 16.7. The molecular formula is C21H23NO5. The third-order valence-corrected chi connectivity index (χ3v) is 4.23. The molecule has 0 aliphatic heterocycles. The standard InChI is InChI=1S/C21H23NO5/c1-23-13-27-16-7-5-14(6-8-16)17-11-22-12-18(17)15-9-19(24-2)21(26-4)20(10-15)25-3/h5-12,22H,13H2,1-4H3. The molecule has 6 heteroatoms. The van der Waals surface area contributed by atoms with E-state index in [0.717, 1.165) is 28.0 Å². The summed E-state index contributed by atoms with van der Waals surface area (Å²) in [4.78, 5) is 3.18. The minimum absolute atomic E-state index is 0.222. The summed E-state index contributed by atoms with van der Waals surface area (Å²) in [5, 5.41) is 0. The molecule has 0 saturated carbocycles. The number of methoxy groups -OCH3 is 4. The number of aromatic nitrogens is 1. The van der Waals surface area contributed by atoms with Crippen LogP contribution in [0.3, 0.4) is 0 Å². The van der Waals surface area contributed by atoms with E-state index in [2.05, 4.69) is 4.98 Å². The lowest BCUT2D eigenvalue weighted by atomic mass is 9.98. The largest absolute Gasteiger partial charge is 0.493 e. The van der Waals surface area contributed by atoms with Gasteiger partial charge in [0.25, 0.3) is 0 Å². The van der Waals surface area contributed by atoms with E-state index in [-0.39, 0.29) is 6.79 Å². The van der Waals surface area contributed by atoms with Gasteiger partial charge in [-0.05, 0) is 35.4 Å². The molecule has 0 aliphatic carbocycles. The summed E-state index contributed by atoms with van der Waals surface area (Å²) in [5.74, 6) is 2.55. The van der Waals surface area contributed by atoms with Gasteiger partial charge in [-0.25, -0.2) is 0 Å². The van der Waals surface area contributed by atoms with Crippen LogP contribution in [0, 0.1) is 0 Å². The highest BCUT2D eigenvalue weighted by molar-refractivity contribution is 5.85. The van der Waals surface area contributed by atoms with Gasteiger partial charge in [-0.15, -0.1) is 0 Å². The van der Waals surface area contributed by atoms with E-state index in [1.165, 1.54) is 0 Å². The molecule has 0 atom stereocenters. The lowest BCUT2D eigenvalue weighted by molar-refractivity contribution is 0.0511. The maximum Gasteiger partial charge on any atom is 0.203 e. The number of rotatable bonds is 8. The van der Waals surface area contributed by atoms with Crippen LogP contribution >= 0.6 is 0 Å². The van der Waals surface area contributed by atoms with Gasteiger partial charge in [0.15, 0.2) is 18.3 Å². The maximum atomic E-state index is 5.47. The van der Waals surface area contributed by atoms with Gasteiger partial charge >= 0.3 is 0 Å². The first-order valence-corrected chi connectivity index (χ1v) is 8.41. The fourth-order valence-corrected chi connectivity index (χ4v) is 2.94. The lowest BCUT2D eigenvalue weighted by Crippen LogP contribution is -1.98. The normalized spacial score (nSPS) is 10.5. The fourth-order valence-electron chi connectivity index (χ4n) is 2.94. The Kier molecular flexibility index (Phi) is 5.88. The Morgan fingerprint density at radius 2 is 1.33 bits per heavy atom. The molecule has 2 aromatic carbocycles. The maximum absolute atomic E-state index is 5.47. The molecule has 0 unspecified atom stereocenters. The Balaban J connectivity index is 2.00. The van der Waals surface area contributed by atoms with Crippen LogP contribution in [0.25, 0.3) is 22.3 Å². The van der Waals surface area contributed by atoms with E-state index in [1.807, 2.05) is 48.8 Å². The van der Waals surface area contributed by atoms with Gasteiger partial charge in [0.1, 0.15) is 5.75 Å². The number of hydrogen-bond acceptors (Lipinski definition) is 5. The van der Waals surface area contributed by atoms with Crippen LogP contribution < -0.4 is 18.9 Å². The van der Waals surface area contributed by atoms with Crippen molar-refractivity contribution in [2.24, 2.45) is 0 Å². The Hall–Kier alpha value is -3.12. The van der Waals surface area contributed by atoms with Crippen LogP contribution in [-0.4, -0.2) is 40.2 Å². The second-order valence-electron chi connectivity index (χ2n) is 5.77. The van der Waals surface area contributed by atoms with E-state index in [1.54, 1.807) is 28.4 Å². The third-order valence-electron chi connectivity index (χ3n) is 4.23. The molecule has 3 rings (SSSR count). The quantitative estimate of drug-likeness (QED) is 0.598. The van der Waals surface area contributed by atoms with Crippen LogP contribution in [0.2, 0.25) is 0 Å². The number of H-pyrrole nitrogens is 1. The van der Waals surface area contributed by atoms with E-state index in [4.69, 9.17) is 23.7 Å². The van der Waals surface area contributed by atoms with Crippen molar-refractivity contribution in [1.82, 2.24) is 4.98 Å². The van der Waals surface area contributed by atoms with Crippen molar-refractivity contribution in [3.05, 3.63) is 48.8 Å². The minimum Gasteiger partial charge on any atom is -0.493 e. The van der Waals surface area contributed by atoms with E-state index < -0.39 is 0 Å². The molecule has 0 saturated heterocycles. The number of benzene rings is 2. The second kappa shape index (κ2) is 8.51. The van der Waals surface area contributed by atoms with Crippen molar-refractivity contribution in [3.8, 4) is 45.3 Å². The predicted molar refractivity (Wildman–Crippen MR) is 104 cm³/mol. The monoisotopic (exact) mass is 369 g/mol. The third kappa shape index (κ3) is 3.85. The fraction of sp³-hybridized carbons (Fsp3) is 0.238. The topological polar surface area (TPSA) is 61.9 Å². The van der Waals surface area contributed by atoms with Crippen LogP contribution in [-0.2, 0) is 4.74 Å². The number of nitrogens with one attached hydrogen (secondary N) is 1. The average molecular weight is 369 g/mol. The van der Waals surface area contributed by atoms with Crippen molar-refractivity contribution in [1.29, 1.82) is 0 Å². The summed E-state index contributed by atoms with van der Waals surface area (Å²) in [6.45, 7) is 0.222. The first kappa shape index (κ1) is 18.7. The van der Waals surface area contributed by atoms with Crippen LogP contribution in [0.4, 0.5) is 0 Å². The molecule has 1 N–H and O–H groups in total. The lowest BCUT2D eigenvalue weighted by Gasteiger charge is -2.14. The van der Waals surface area contributed by atoms with Gasteiger partial charge in [-0.2, -0.15) is 0 Å². The van der Waals surface area contributed by atoms with Crippen molar-refractivity contribution < 1.29 is 23.7 Å². The first-order chi connectivity index (χ1) is 13.2. The van der Waals surface area contributed by atoms with Gasteiger partial charge in [-0.1, -0.05) is 12.1 Å². The highest BCUT2D eigenvalue weighted by Gasteiger charge is 2.17. The van der Waals surface area contributed by atoms with Gasteiger partial charge < -0.3 is 28.7 Å². The summed E-state index contributed by atoms with van der Waals surface area (Å²) in [6, 6.07) is 11.7. The SMILES string of the molecule is COCOc1ccc(-c2c[nH]cc2-c2cc(OC)c(OC)c(OC)c2)cc1. The average Bonchev–Trinajstić information content (AvgIpc) is 3.21. The summed E-state index contributed by atoms with van der Waals surface area (Å²) < 4.78 is 26.7. The Morgan fingerprint density at radius 1 is 0.741 bits per heavy atom. The molecule has 6 nitrogen and oxygen atoms in total. The zero-order chi connectivity index (χ0) is 19.2. The van der Waals surface area contributed by atoms with Gasteiger partial charge in [0.05, 0.1) is 21.3 Å². The van der Waals surface area contributed by atoms with Crippen molar-refractivity contribution in [3.63, 3.8) is 0 Å². The van der Waals surface area contributed by atoms with Crippen molar-refractivity contribution in [2.45, 2.75) is 0 Å². The van der Waals surface area contributed by atoms with Crippen molar-refractivity contribution in [2.75, 3.05) is 35.2 Å². The van der Waals surface area contributed by atoms with Gasteiger partial charge in [-0.3, -0.25) is 0 Å². The zero-order valence-electron chi connectivity index (χ0n) is 15.9. The molecular weight excluding hydrogens is 346 g/mol. The molecule has 0 spiro atoms. The minimum atomic E-state index is 0.222. The number of aromatic amines is 1. The summed E-state index contributed by atoms with van der Waals surface area (Å²) in [5.41, 5.74) is 4.10. The summed E-state index contributed by atoms with van der Waals surface area (Å²) in [6.07, 6.45) is 3.91. The molecule has 142 valence electrons.